The van der Waals surface area contributed by atoms with Gasteiger partial charge in [-0.05, 0) is 36.4 Å². The van der Waals surface area contributed by atoms with E-state index in [0.29, 0.717) is 30.0 Å². The summed E-state index contributed by atoms with van der Waals surface area (Å²) in [7, 11) is 4.63. The van der Waals surface area contributed by atoms with Gasteiger partial charge in [-0.2, -0.15) is 0 Å². The van der Waals surface area contributed by atoms with Gasteiger partial charge in [-0.1, -0.05) is 24.0 Å². The van der Waals surface area contributed by atoms with Crippen molar-refractivity contribution in [3.8, 4) is 11.8 Å². The van der Waals surface area contributed by atoms with Crippen LogP contribution >= 0.6 is 0 Å². The topological polar surface area (TPSA) is 67.9 Å². The molecule has 0 spiro atoms. The first-order valence-electron chi connectivity index (χ1n) is 8.35. The summed E-state index contributed by atoms with van der Waals surface area (Å²) < 4.78 is 9.68. The predicted molar refractivity (Wildman–Crippen MR) is 104 cm³/mol. The highest BCUT2D eigenvalue weighted by Gasteiger charge is 2.08. The molecule has 2 amide bonds. The van der Waals surface area contributed by atoms with Crippen LogP contribution in [0.3, 0.4) is 0 Å². The lowest BCUT2D eigenvalue weighted by Gasteiger charge is -2.17. The van der Waals surface area contributed by atoms with Crippen molar-refractivity contribution in [1.29, 1.82) is 0 Å². The molecule has 0 atom stereocenters. The van der Waals surface area contributed by atoms with Gasteiger partial charge in [-0.25, -0.2) is 9.59 Å². The molecule has 6 heteroatoms. The first-order chi connectivity index (χ1) is 13.0. The van der Waals surface area contributed by atoms with E-state index in [1.165, 1.54) is 7.11 Å². The zero-order valence-electron chi connectivity index (χ0n) is 15.6. The second kappa shape index (κ2) is 10.00. The summed E-state index contributed by atoms with van der Waals surface area (Å²) in [6.07, 6.45) is 0. The Balaban J connectivity index is 2.10. The molecule has 0 heterocycles. The number of benzene rings is 2. The number of rotatable bonds is 5. The smallest absolute Gasteiger partial charge is 0.337 e. The van der Waals surface area contributed by atoms with Crippen molar-refractivity contribution in [2.75, 3.05) is 39.7 Å². The average molecular weight is 366 g/mol. The van der Waals surface area contributed by atoms with Gasteiger partial charge in [0, 0.05) is 37.5 Å². The molecule has 27 heavy (non-hydrogen) atoms. The normalized spacial score (nSPS) is 9.74. The number of anilines is 1. The van der Waals surface area contributed by atoms with Gasteiger partial charge in [0.25, 0.3) is 0 Å². The van der Waals surface area contributed by atoms with Crippen LogP contribution in [0.1, 0.15) is 21.5 Å². The minimum absolute atomic E-state index is 0.220. The molecule has 2 aromatic carbocycles. The number of carbonyl (C=O) groups is 2. The van der Waals surface area contributed by atoms with Crippen LogP contribution in [-0.2, 0) is 9.47 Å². The van der Waals surface area contributed by atoms with E-state index in [0.717, 1.165) is 5.56 Å². The van der Waals surface area contributed by atoms with Crippen LogP contribution in [0.25, 0.3) is 0 Å². The summed E-state index contributed by atoms with van der Waals surface area (Å²) in [5.74, 6) is 5.65. The second-order valence-corrected chi connectivity index (χ2v) is 5.75. The van der Waals surface area contributed by atoms with Gasteiger partial charge in [-0.15, -0.1) is 0 Å². The van der Waals surface area contributed by atoms with Crippen LogP contribution in [0, 0.1) is 11.8 Å². The lowest BCUT2D eigenvalue weighted by Crippen LogP contribution is -2.33. The molecule has 2 aromatic rings. The molecule has 0 radical (unpaired) electrons. The minimum Gasteiger partial charge on any atom is -0.465 e. The van der Waals surface area contributed by atoms with Crippen molar-refractivity contribution >= 4 is 17.7 Å². The van der Waals surface area contributed by atoms with Crippen molar-refractivity contribution in [3.05, 3.63) is 65.2 Å². The van der Waals surface area contributed by atoms with Crippen LogP contribution in [0.5, 0.6) is 0 Å². The Hall–Kier alpha value is -3.30. The largest absolute Gasteiger partial charge is 0.465 e. The number of hydrogen-bond acceptors (Lipinski definition) is 4. The van der Waals surface area contributed by atoms with Crippen molar-refractivity contribution in [2.24, 2.45) is 0 Å². The molecular weight excluding hydrogens is 344 g/mol. The summed E-state index contributed by atoms with van der Waals surface area (Å²) in [5, 5.41) is 2.82. The Morgan fingerprint density at radius 1 is 1.04 bits per heavy atom. The molecule has 0 aliphatic rings. The Bertz CT molecular complexity index is 868. The summed E-state index contributed by atoms with van der Waals surface area (Å²) in [6, 6.07) is 14.0. The third-order valence-electron chi connectivity index (χ3n) is 3.73. The van der Waals surface area contributed by atoms with Crippen LogP contribution < -0.4 is 5.32 Å². The van der Waals surface area contributed by atoms with Crippen LogP contribution in [-0.4, -0.2) is 51.3 Å². The monoisotopic (exact) mass is 366 g/mol. The van der Waals surface area contributed by atoms with E-state index in [1.54, 1.807) is 49.4 Å². The lowest BCUT2D eigenvalue weighted by atomic mass is 10.1. The quantitative estimate of drug-likeness (QED) is 0.653. The maximum atomic E-state index is 12.1. The molecule has 6 nitrogen and oxygen atoms in total. The standard InChI is InChI=1S/C21H22N2O4/c1-23(12-13-26-2)21(25)22-19-9-5-7-17(15-19)11-10-16-6-4-8-18(14-16)20(24)27-3/h4-9,14-15H,12-13H2,1-3H3,(H,22,25). The predicted octanol–water partition coefficient (Wildman–Crippen LogP) is 2.98. The van der Waals surface area contributed by atoms with Crippen molar-refractivity contribution < 1.29 is 19.1 Å². The Kier molecular flexibility index (Phi) is 7.41. The van der Waals surface area contributed by atoms with E-state index in [2.05, 4.69) is 17.2 Å². The summed E-state index contributed by atoms with van der Waals surface area (Å²) in [4.78, 5) is 25.2. The van der Waals surface area contributed by atoms with Crippen LogP contribution in [0.2, 0.25) is 0 Å². The summed E-state index contributed by atoms with van der Waals surface area (Å²) in [5.41, 5.74) is 2.55. The molecule has 140 valence electrons. The molecule has 0 aliphatic carbocycles. The average Bonchev–Trinajstić information content (AvgIpc) is 2.70. The lowest BCUT2D eigenvalue weighted by molar-refractivity contribution is 0.0600. The Labute approximate surface area is 159 Å². The molecule has 0 aromatic heterocycles. The van der Waals surface area contributed by atoms with Gasteiger partial charge in [-0.3, -0.25) is 0 Å². The van der Waals surface area contributed by atoms with Gasteiger partial charge in [0.1, 0.15) is 0 Å². The number of urea groups is 1. The fourth-order valence-electron chi connectivity index (χ4n) is 2.21. The molecule has 0 fully saturated rings. The number of nitrogens with zero attached hydrogens (tertiary/aromatic N) is 1. The van der Waals surface area contributed by atoms with Crippen molar-refractivity contribution in [1.82, 2.24) is 4.90 Å². The molecular formula is C21H22N2O4. The third kappa shape index (κ3) is 6.17. The summed E-state index contributed by atoms with van der Waals surface area (Å²) in [6.45, 7) is 0.971. The van der Waals surface area contributed by atoms with E-state index in [-0.39, 0.29) is 6.03 Å². The molecule has 0 saturated carbocycles. The number of hydrogen-bond donors (Lipinski definition) is 1. The number of methoxy groups -OCH3 is 2. The highest BCUT2D eigenvalue weighted by molar-refractivity contribution is 5.90. The maximum Gasteiger partial charge on any atom is 0.337 e. The number of carbonyl (C=O) groups excluding carboxylic acids is 2. The van der Waals surface area contributed by atoms with Crippen LogP contribution in [0.15, 0.2) is 48.5 Å². The Morgan fingerprint density at radius 3 is 2.37 bits per heavy atom. The number of esters is 1. The third-order valence-corrected chi connectivity index (χ3v) is 3.73. The number of amides is 2. The van der Waals surface area contributed by atoms with Crippen LogP contribution in [0.4, 0.5) is 10.5 Å². The highest BCUT2D eigenvalue weighted by Crippen LogP contribution is 2.11. The molecule has 0 saturated heterocycles. The molecule has 1 N–H and O–H groups in total. The first kappa shape index (κ1) is 20.0. The van der Waals surface area contributed by atoms with Gasteiger partial charge >= 0.3 is 12.0 Å². The first-order valence-corrected chi connectivity index (χ1v) is 8.35. The van der Waals surface area contributed by atoms with Gasteiger partial charge in [0.15, 0.2) is 0 Å². The second-order valence-electron chi connectivity index (χ2n) is 5.75. The molecule has 0 unspecified atom stereocenters. The van der Waals surface area contributed by atoms with E-state index in [1.807, 2.05) is 18.2 Å². The van der Waals surface area contributed by atoms with Gasteiger partial charge in [0.05, 0.1) is 19.3 Å². The number of likely N-dealkylation sites (N-methyl/N-ethyl adjacent to an activating group) is 1. The molecule has 0 bridgehead atoms. The zero-order chi connectivity index (χ0) is 19.6. The SMILES string of the molecule is COCCN(C)C(=O)Nc1cccc(C#Cc2cccc(C(=O)OC)c2)c1. The van der Waals surface area contributed by atoms with Gasteiger partial charge < -0.3 is 19.7 Å². The van der Waals surface area contributed by atoms with Gasteiger partial charge in [0.2, 0.25) is 0 Å². The van der Waals surface area contributed by atoms with E-state index < -0.39 is 5.97 Å². The van der Waals surface area contributed by atoms with E-state index in [9.17, 15) is 9.59 Å². The summed E-state index contributed by atoms with van der Waals surface area (Å²) >= 11 is 0. The zero-order valence-corrected chi connectivity index (χ0v) is 15.6. The highest BCUT2D eigenvalue weighted by atomic mass is 16.5. The molecule has 0 aliphatic heterocycles. The number of nitrogens with one attached hydrogen (secondary N) is 1. The fraction of sp³-hybridized carbons (Fsp3) is 0.238. The van der Waals surface area contributed by atoms with Crippen molar-refractivity contribution in [2.45, 2.75) is 0 Å². The van der Waals surface area contributed by atoms with Crippen molar-refractivity contribution in [3.63, 3.8) is 0 Å². The fourth-order valence-corrected chi connectivity index (χ4v) is 2.21. The minimum atomic E-state index is -0.402. The Morgan fingerprint density at radius 2 is 1.70 bits per heavy atom. The maximum absolute atomic E-state index is 12.1. The molecule has 2 rings (SSSR count). The van der Waals surface area contributed by atoms with E-state index in [4.69, 9.17) is 9.47 Å². The van der Waals surface area contributed by atoms with E-state index >= 15 is 0 Å². The number of ether oxygens (including phenoxy) is 2.